The zero-order valence-corrected chi connectivity index (χ0v) is 17.6. The van der Waals surface area contributed by atoms with E-state index in [4.69, 9.17) is 4.74 Å². The lowest BCUT2D eigenvalue weighted by Crippen LogP contribution is -2.56. The summed E-state index contributed by atoms with van der Waals surface area (Å²) in [5, 5.41) is 10.0. The first-order chi connectivity index (χ1) is 11.6. The quantitative estimate of drug-likeness (QED) is 0.621. The molecule has 1 amide bonds. The van der Waals surface area contributed by atoms with E-state index < -0.39 is 0 Å². The van der Waals surface area contributed by atoms with Crippen molar-refractivity contribution in [3.63, 3.8) is 0 Å². The molecule has 1 saturated heterocycles. The Morgan fingerprint density at radius 1 is 1.27 bits per heavy atom. The summed E-state index contributed by atoms with van der Waals surface area (Å²) in [4.78, 5) is 12.3. The molecule has 7 heteroatoms. The third-order valence-electron chi connectivity index (χ3n) is 5.00. The van der Waals surface area contributed by atoms with Gasteiger partial charge in [-0.05, 0) is 25.3 Å². The Morgan fingerprint density at radius 2 is 1.92 bits per heavy atom. The molecule has 3 N–H and O–H groups in total. The van der Waals surface area contributed by atoms with E-state index in [0.29, 0.717) is 19.7 Å². The van der Waals surface area contributed by atoms with Gasteiger partial charge in [-0.3, -0.25) is 4.79 Å². The summed E-state index contributed by atoms with van der Waals surface area (Å²) in [5.41, 5.74) is 1.14. The third kappa shape index (κ3) is 7.05. The van der Waals surface area contributed by atoms with E-state index in [9.17, 15) is 4.79 Å². The lowest BCUT2D eigenvalue weighted by atomic mass is 9.90. The number of hydrogen-bond donors (Lipinski definition) is 3. The Kier molecular flexibility index (Phi) is 12.1. The minimum absolute atomic E-state index is 0. The topological polar surface area (TPSA) is 62.4 Å². The van der Waals surface area contributed by atoms with Gasteiger partial charge in [0.05, 0.1) is 6.61 Å². The summed E-state index contributed by atoms with van der Waals surface area (Å²) < 4.78 is 5.53. The summed E-state index contributed by atoms with van der Waals surface area (Å²) in [7, 11) is 0. The summed E-state index contributed by atoms with van der Waals surface area (Å²) in [5.74, 6) is -0.0253. The molecule has 26 heavy (non-hydrogen) atoms. The molecule has 0 aliphatic carbocycles. The summed E-state index contributed by atoms with van der Waals surface area (Å²) >= 11 is 0. The van der Waals surface area contributed by atoms with Gasteiger partial charge in [-0.2, -0.15) is 0 Å². The Morgan fingerprint density at radius 3 is 2.46 bits per heavy atom. The average molecular weight is 406 g/mol. The van der Waals surface area contributed by atoms with Crippen LogP contribution in [0.3, 0.4) is 0 Å². The molecule has 0 radical (unpaired) electrons. The molecule has 0 aromatic heterocycles. The van der Waals surface area contributed by atoms with Crippen LogP contribution in [0.25, 0.3) is 0 Å². The SMILES string of the molecule is CCC(CC)(CNC(=O)C1CNCCO1)NC(C)c1ccccc1.Cl.Cl. The Balaban J connectivity index is 0.00000312. The number of morpholine rings is 1. The Labute approximate surface area is 169 Å². The molecule has 2 rings (SSSR count). The molecule has 2 atom stereocenters. The average Bonchev–Trinajstić information content (AvgIpc) is 2.66. The fourth-order valence-corrected chi connectivity index (χ4v) is 3.14. The van der Waals surface area contributed by atoms with Crippen LogP contribution in [-0.4, -0.2) is 43.8 Å². The van der Waals surface area contributed by atoms with Gasteiger partial charge in [0.2, 0.25) is 0 Å². The fraction of sp³-hybridized carbons (Fsp3) is 0.632. The van der Waals surface area contributed by atoms with E-state index in [-0.39, 0.29) is 48.4 Å². The second-order valence-electron chi connectivity index (χ2n) is 6.55. The van der Waals surface area contributed by atoms with Crippen LogP contribution in [0.2, 0.25) is 0 Å². The first-order valence-corrected chi connectivity index (χ1v) is 9.03. The van der Waals surface area contributed by atoms with Gasteiger partial charge in [0.25, 0.3) is 5.91 Å². The minimum Gasteiger partial charge on any atom is -0.366 e. The van der Waals surface area contributed by atoms with Gasteiger partial charge in [0, 0.05) is 31.2 Å². The van der Waals surface area contributed by atoms with Crippen LogP contribution < -0.4 is 16.0 Å². The number of carbonyl (C=O) groups is 1. The molecule has 0 bridgehead atoms. The van der Waals surface area contributed by atoms with E-state index in [1.54, 1.807) is 0 Å². The number of hydrogen-bond acceptors (Lipinski definition) is 4. The molecule has 1 aliphatic rings. The van der Waals surface area contributed by atoms with Crippen molar-refractivity contribution in [2.24, 2.45) is 0 Å². The first-order valence-electron chi connectivity index (χ1n) is 9.03. The predicted molar refractivity (Wildman–Crippen MR) is 111 cm³/mol. The minimum atomic E-state index is -0.378. The number of ether oxygens (including phenoxy) is 1. The number of amides is 1. The predicted octanol–water partition coefficient (Wildman–Crippen LogP) is 2.84. The van der Waals surface area contributed by atoms with Crippen molar-refractivity contribution in [3.8, 4) is 0 Å². The Hall–Kier alpha value is -0.850. The maximum atomic E-state index is 12.3. The van der Waals surface area contributed by atoms with Gasteiger partial charge < -0.3 is 20.7 Å². The van der Waals surface area contributed by atoms with Gasteiger partial charge >= 0.3 is 0 Å². The van der Waals surface area contributed by atoms with Crippen LogP contribution in [0.5, 0.6) is 0 Å². The molecule has 0 spiro atoms. The summed E-state index contributed by atoms with van der Waals surface area (Å²) in [6.07, 6.45) is 1.52. The molecule has 1 aliphatic heterocycles. The maximum Gasteiger partial charge on any atom is 0.250 e. The van der Waals surface area contributed by atoms with Crippen molar-refractivity contribution in [3.05, 3.63) is 35.9 Å². The second-order valence-corrected chi connectivity index (χ2v) is 6.55. The van der Waals surface area contributed by atoms with Crippen LogP contribution in [0.15, 0.2) is 30.3 Å². The lowest BCUT2D eigenvalue weighted by molar-refractivity contribution is -0.134. The lowest BCUT2D eigenvalue weighted by Gasteiger charge is -2.37. The number of halogens is 2. The van der Waals surface area contributed by atoms with Gasteiger partial charge in [-0.15, -0.1) is 24.8 Å². The zero-order valence-electron chi connectivity index (χ0n) is 15.9. The third-order valence-corrected chi connectivity index (χ3v) is 5.00. The van der Waals surface area contributed by atoms with Crippen molar-refractivity contribution < 1.29 is 9.53 Å². The number of rotatable bonds is 8. The molecule has 2 unspecified atom stereocenters. The summed E-state index contributed by atoms with van der Waals surface area (Å²) in [6, 6.07) is 10.6. The molecule has 150 valence electrons. The molecule has 0 saturated carbocycles. The van der Waals surface area contributed by atoms with Gasteiger partial charge in [-0.1, -0.05) is 44.2 Å². The van der Waals surface area contributed by atoms with E-state index in [0.717, 1.165) is 19.4 Å². The maximum absolute atomic E-state index is 12.3. The molecule has 1 heterocycles. The molecular formula is C19H33Cl2N3O2. The van der Waals surface area contributed by atoms with Crippen molar-refractivity contribution in [1.29, 1.82) is 0 Å². The van der Waals surface area contributed by atoms with Gasteiger partial charge in [0.15, 0.2) is 0 Å². The number of carbonyl (C=O) groups excluding carboxylic acids is 1. The smallest absolute Gasteiger partial charge is 0.250 e. The monoisotopic (exact) mass is 405 g/mol. The highest BCUT2D eigenvalue weighted by molar-refractivity contribution is 5.85. The van der Waals surface area contributed by atoms with Crippen LogP contribution in [0.4, 0.5) is 0 Å². The van der Waals surface area contributed by atoms with E-state index in [1.165, 1.54) is 5.56 Å². The normalized spacial score (nSPS) is 18.2. The molecule has 1 fully saturated rings. The number of nitrogens with one attached hydrogen (secondary N) is 3. The van der Waals surface area contributed by atoms with E-state index in [2.05, 4.69) is 61.0 Å². The number of benzene rings is 1. The Bertz CT molecular complexity index is 507. The highest BCUT2D eigenvalue weighted by atomic mass is 35.5. The van der Waals surface area contributed by atoms with Crippen molar-refractivity contribution in [2.45, 2.75) is 51.3 Å². The second kappa shape index (κ2) is 12.5. The van der Waals surface area contributed by atoms with Gasteiger partial charge in [0.1, 0.15) is 6.10 Å². The fourth-order valence-electron chi connectivity index (χ4n) is 3.14. The zero-order chi connectivity index (χ0) is 17.4. The van der Waals surface area contributed by atoms with E-state index >= 15 is 0 Å². The van der Waals surface area contributed by atoms with Crippen molar-refractivity contribution in [2.75, 3.05) is 26.2 Å². The molecule has 5 nitrogen and oxygen atoms in total. The van der Waals surface area contributed by atoms with E-state index in [1.807, 2.05) is 6.07 Å². The van der Waals surface area contributed by atoms with Crippen molar-refractivity contribution >= 4 is 30.7 Å². The van der Waals surface area contributed by atoms with Crippen LogP contribution >= 0.6 is 24.8 Å². The molecular weight excluding hydrogens is 373 g/mol. The van der Waals surface area contributed by atoms with Crippen LogP contribution in [0, 0.1) is 0 Å². The molecule has 1 aromatic carbocycles. The summed E-state index contributed by atoms with van der Waals surface area (Å²) in [6.45, 7) is 9.10. The highest BCUT2D eigenvalue weighted by Crippen LogP contribution is 2.21. The highest BCUT2D eigenvalue weighted by Gasteiger charge is 2.30. The van der Waals surface area contributed by atoms with Crippen molar-refractivity contribution in [1.82, 2.24) is 16.0 Å². The first kappa shape index (κ1) is 25.1. The van der Waals surface area contributed by atoms with Crippen LogP contribution in [-0.2, 0) is 9.53 Å². The largest absolute Gasteiger partial charge is 0.366 e. The molecule has 1 aromatic rings. The van der Waals surface area contributed by atoms with Crippen LogP contribution in [0.1, 0.15) is 45.2 Å². The van der Waals surface area contributed by atoms with Gasteiger partial charge in [-0.25, -0.2) is 0 Å². The standard InChI is InChI=1S/C19H31N3O2.2ClH/c1-4-19(5-2,22-15(3)16-9-7-6-8-10-16)14-21-18(23)17-13-20-11-12-24-17;;/h6-10,15,17,20,22H,4-5,11-14H2,1-3H3,(H,21,23);2*1H.